The van der Waals surface area contributed by atoms with Crippen LogP contribution in [0.15, 0.2) is 12.1 Å². The Kier molecular flexibility index (Phi) is 2.67. The first-order valence-corrected chi connectivity index (χ1v) is 5.95. The molecule has 0 saturated heterocycles. The Morgan fingerprint density at radius 3 is 2.47 bits per heavy atom. The van der Waals surface area contributed by atoms with Gasteiger partial charge in [-0.15, -0.1) is 0 Å². The fraction of sp³-hybridized carbons (Fsp3) is 0.500. The molecular weight excluding hydrogens is 256 g/mol. The van der Waals surface area contributed by atoms with E-state index in [0.717, 1.165) is 17.9 Å². The number of hydrogen-bond acceptors (Lipinski definition) is 2. The van der Waals surface area contributed by atoms with Crippen molar-refractivity contribution in [1.29, 1.82) is 0 Å². The molecule has 0 spiro atoms. The first kappa shape index (κ1) is 10.8. The van der Waals surface area contributed by atoms with E-state index in [-0.39, 0.29) is 4.51 Å². The average Bonchev–Trinajstić information content (AvgIpc) is 2.21. The monoisotopic (exact) mass is 270 g/mol. The number of hydrogen-bond donors (Lipinski definition) is 0. The Balaban J connectivity index is 2.38. The highest BCUT2D eigenvalue weighted by Crippen LogP contribution is 2.40. The molecule has 0 radical (unpaired) electrons. The molecule has 1 atom stereocenters. The zero-order valence-electron chi connectivity index (χ0n) is 9.26. The predicted molar refractivity (Wildman–Crippen MR) is 64.0 cm³/mol. The molecule has 2 rings (SSSR count). The van der Waals surface area contributed by atoms with Crippen LogP contribution in [0.3, 0.4) is 0 Å². The quantitative estimate of drug-likeness (QED) is 0.727. The number of rotatable bonds is 1. The fourth-order valence-corrected chi connectivity index (χ4v) is 1.83. The molecule has 1 aromatic rings. The molecule has 1 heterocycles. The Bertz CT molecular complexity index is 389. The highest BCUT2D eigenvalue weighted by molar-refractivity contribution is 9.10. The number of aryl methyl sites for hydroxylation is 2. The molecule has 0 N–H and O–H groups in total. The van der Waals surface area contributed by atoms with E-state index in [2.05, 4.69) is 36.7 Å². The Morgan fingerprint density at radius 2 is 1.87 bits per heavy atom. The van der Waals surface area contributed by atoms with E-state index >= 15 is 0 Å². The predicted octanol–water partition coefficient (Wildman–Crippen LogP) is 3.58. The van der Waals surface area contributed by atoms with Crippen LogP contribution in [0.2, 0.25) is 0 Å². The Hall–Kier alpha value is -0.700. The van der Waals surface area contributed by atoms with E-state index in [4.69, 9.17) is 9.47 Å². The maximum Gasteiger partial charge on any atom is 0.196 e. The van der Waals surface area contributed by atoms with E-state index in [0.29, 0.717) is 6.61 Å². The molecule has 0 saturated carbocycles. The molecule has 1 aliphatic rings. The molecule has 15 heavy (non-hydrogen) atoms. The van der Waals surface area contributed by atoms with Gasteiger partial charge in [0, 0.05) is 0 Å². The lowest BCUT2D eigenvalue weighted by Crippen LogP contribution is -2.38. The van der Waals surface area contributed by atoms with Crippen LogP contribution in [0.5, 0.6) is 11.5 Å². The molecule has 1 unspecified atom stereocenters. The molecule has 3 heteroatoms. The number of alkyl halides is 1. The summed E-state index contributed by atoms with van der Waals surface area (Å²) >= 11 is 3.56. The summed E-state index contributed by atoms with van der Waals surface area (Å²) in [5, 5.41) is 0. The summed E-state index contributed by atoms with van der Waals surface area (Å²) in [6, 6.07) is 4.07. The highest BCUT2D eigenvalue weighted by atomic mass is 79.9. The van der Waals surface area contributed by atoms with Crippen LogP contribution in [-0.4, -0.2) is 11.1 Å². The van der Waals surface area contributed by atoms with Gasteiger partial charge in [0.2, 0.25) is 0 Å². The molecule has 0 aliphatic carbocycles. The minimum Gasteiger partial charge on any atom is -0.485 e. The molecule has 2 nitrogen and oxygen atoms in total. The molecule has 0 amide bonds. The van der Waals surface area contributed by atoms with Gasteiger partial charge in [-0.3, -0.25) is 0 Å². The standard InChI is InChI=1S/C12H15BrO2/c1-4-12(13)7-14-10-5-8(2)9(3)6-11(10)15-12/h5-6H,4,7H2,1-3H3. The summed E-state index contributed by atoms with van der Waals surface area (Å²) in [6.45, 7) is 6.79. The molecule has 82 valence electrons. The SMILES string of the molecule is CCC1(Br)COc2cc(C)c(C)cc2O1. The Labute approximate surface area is 98.7 Å². The topological polar surface area (TPSA) is 18.5 Å². The molecule has 0 fully saturated rings. The number of halogens is 1. The summed E-state index contributed by atoms with van der Waals surface area (Å²) in [4.78, 5) is 0. The van der Waals surface area contributed by atoms with Crippen LogP contribution < -0.4 is 9.47 Å². The zero-order chi connectivity index (χ0) is 11.1. The van der Waals surface area contributed by atoms with Crippen molar-refractivity contribution in [3.8, 4) is 11.5 Å². The van der Waals surface area contributed by atoms with Gasteiger partial charge in [-0.05, 0) is 59.5 Å². The number of fused-ring (bicyclic) bond motifs is 1. The third-order valence-electron chi connectivity index (χ3n) is 2.82. The van der Waals surface area contributed by atoms with Crippen molar-refractivity contribution in [1.82, 2.24) is 0 Å². The van der Waals surface area contributed by atoms with Gasteiger partial charge in [-0.2, -0.15) is 0 Å². The Morgan fingerprint density at radius 1 is 1.27 bits per heavy atom. The zero-order valence-corrected chi connectivity index (χ0v) is 10.8. The maximum atomic E-state index is 5.90. The lowest BCUT2D eigenvalue weighted by molar-refractivity contribution is 0.0667. The molecular formula is C12H15BrO2. The number of ether oxygens (including phenoxy) is 2. The summed E-state index contributed by atoms with van der Waals surface area (Å²) in [7, 11) is 0. The molecule has 1 aliphatic heterocycles. The first-order valence-electron chi connectivity index (χ1n) is 5.16. The third-order valence-corrected chi connectivity index (χ3v) is 3.78. The number of benzene rings is 1. The van der Waals surface area contributed by atoms with E-state index in [1.54, 1.807) is 0 Å². The second-order valence-corrected chi connectivity index (χ2v) is 5.46. The van der Waals surface area contributed by atoms with Crippen LogP contribution in [-0.2, 0) is 0 Å². The highest BCUT2D eigenvalue weighted by Gasteiger charge is 2.33. The van der Waals surface area contributed by atoms with Crippen LogP contribution >= 0.6 is 15.9 Å². The fourth-order valence-electron chi connectivity index (χ4n) is 1.54. The minimum absolute atomic E-state index is 0.359. The lowest BCUT2D eigenvalue weighted by Gasteiger charge is -2.33. The first-order chi connectivity index (χ1) is 7.04. The second-order valence-electron chi connectivity index (χ2n) is 4.01. The third kappa shape index (κ3) is 1.98. The normalized spacial score (nSPS) is 24.0. The van der Waals surface area contributed by atoms with Crippen molar-refractivity contribution < 1.29 is 9.47 Å². The largest absolute Gasteiger partial charge is 0.485 e. The van der Waals surface area contributed by atoms with Crippen LogP contribution in [0.25, 0.3) is 0 Å². The van der Waals surface area contributed by atoms with Crippen LogP contribution in [0.1, 0.15) is 24.5 Å². The summed E-state index contributed by atoms with van der Waals surface area (Å²) in [5.74, 6) is 1.68. The van der Waals surface area contributed by atoms with Gasteiger partial charge in [0.25, 0.3) is 0 Å². The van der Waals surface area contributed by atoms with E-state index in [1.807, 2.05) is 12.1 Å². The minimum atomic E-state index is -0.359. The average molecular weight is 271 g/mol. The lowest BCUT2D eigenvalue weighted by atomic mass is 10.1. The molecule has 1 aromatic carbocycles. The van der Waals surface area contributed by atoms with Crippen molar-refractivity contribution in [3.63, 3.8) is 0 Å². The van der Waals surface area contributed by atoms with Gasteiger partial charge in [-0.25, -0.2) is 0 Å². The van der Waals surface area contributed by atoms with Gasteiger partial charge in [-0.1, -0.05) is 6.92 Å². The van der Waals surface area contributed by atoms with Crippen molar-refractivity contribution >= 4 is 15.9 Å². The van der Waals surface area contributed by atoms with Crippen molar-refractivity contribution in [2.24, 2.45) is 0 Å². The van der Waals surface area contributed by atoms with Crippen molar-refractivity contribution in [2.75, 3.05) is 6.61 Å². The summed E-state index contributed by atoms with van der Waals surface area (Å²) < 4.78 is 11.2. The maximum absolute atomic E-state index is 5.90. The molecule has 0 aromatic heterocycles. The summed E-state index contributed by atoms with van der Waals surface area (Å²) in [5.41, 5.74) is 2.46. The van der Waals surface area contributed by atoms with Gasteiger partial charge in [0.05, 0.1) is 0 Å². The van der Waals surface area contributed by atoms with Gasteiger partial charge in [0.1, 0.15) is 6.61 Å². The van der Waals surface area contributed by atoms with E-state index < -0.39 is 0 Å². The van der Waals surface area contributed by atoms with E-state index in [9.17, 15) is 0 Å². The van der Waals surface area contributed by atoms with Crippen LogP contribution in [0, 0.1) is 13.8 Å². The second kappa shape index (κ2) is 3.71. The van der Waals surface area contributed by atoms with Crippen molar-refractivity contribution in [2.45, 2.75) is 31.7 Å². The van der Waals surface area contributed by atoms with Crippen molar-refractivity contribution in [3.05, 3.63) is 23.3 Å². The summed E-state index contributed by atoms with van der Waals surface area (Å²) in [6.07, 6.45) is 0.874. The van der Waals surface area contributed by atoms with Gasteiger partial charge >= 0.3 is 0 Å². The van der Waals surface area contributed by atoms with E-state index in [1.165, 1.54) is 11.1 Å². The molecule has 0 bridgehead atoms. The smallest absolute Gasteiger partial charge is 0.196 e. The van der Waals surface area contributed by atoms with Gasteiger partial charge < -0.3 is 9.47 Å². The van der Waals surface area contributed by atoms with Gasteiger partial charge in [0.15, 0.2) is 16.0 Å². The van der Waals surface area contributed by atoms with Crippen LogP contribution in [0.4, 0.5) is 0 Å².